The molecule has 0 spiro atoms. The van der Waals surface area contributed by atoms with Crippen molar-refractivity contribution in [3.63, 3.8) is 0 Å². The summed E-state index contributed by atoms with van der Waals surface area (Å²) in [5.74, 6) is 0. The molecule has 0 aromatic carbocycles. The van der Waals surface area contributed by atoms with E-state index in [1.54, 1.807) is 12.1 Å². The summed E-state index contributed by atoms with van der Waals surface area (Å²) >= 11 is 4.01. The minimum atomic E-state index is 0.843. The van der Waals surface area contributed by atoms with Gasteiger partial charge in [-0.1, -0.05) is 0 Å². The summed E-state index contributed by atoms with van der Waals surface area (Å²) < 4.78 is 0.972. The van der Waals surface area contributed by atoms with Crippen LogP contribution in [0.4, 0.5) is 0 Å². The maximum Gasteiger partial charge on any atom is 0.223 e. The van der Waals surface area contributed by atoms with E-state index < -0.39 is 0 Å². The molecule has 0 aliphatic carbocycles. The molecule has 0 saturated carbocycles. The third-order valence-corrected chi connectivity index (χ3v) is 1.09. The van der Waals surface area contributed by atoms with Crippen molar-refractivity contribution >= 4 is 12.6 Å². The molecule has 1 N–H and O–H groups in total. The van der Waals surface area contributed by atoms with Crippen LogP contribution in [0.3, 0.4) is 0 Å². The van der Waals surface area contributed by atoms with Crippen LogP contribution in [0.15, 0.2) is 29.4 Å². The topological polar surface area (TPSA) is 24.1 Å². The van der Waals surface area contributed by atoms with Gasteiger partial charge in [0.15, 0.2) is 0 Å². The summed E-state index contributed by atoms with van der Waals surface area (Å²) in [7, 11) is 0. The van der Waals surface area contributed by atoms with Gasteiger partial charge in [0, 0.05) is 21.8 Å². The Morgan fingerprint density at radius 1 is 1.38 bits per heavy atom. The molecule has 0 atom stereocenters. The Hall–Kier alpha value is -0.700. The lowest BCUT2D eigenvalue weighted by molar-refractivity contribution is -0.905. The molecule has 0 amide bonds. The van der Waals surface area contributed by atoms with Gasteiger partial charge in [0.1, 0.15) is 0 Å². The number of thiol groups is 1. The number of rotatable bonds is 0. The molecule has 3 heteroatoms. The molecule has 1 rings (SSSR count). The highest BCUT2D eigenvalue weighted by atomic mass is 32.1. The lowest BCUT2D eigenvalue weighted by Gasteiger charge is -1.81. The standard InChI is InChI=1S/C5H5NOS/c7-6-3-1-5(8)2-4-6/h1-4,7H/p+1. The average molecular weight is 128 g/mol. The molecule has 0 aliphatic heterocycles. The highest BCUT2D eigenvalue weighted by Crippen LogP contribution is 1.97. The van der Waals surface area contributed by atoms with Crippen molar-refractivity contribution in [1.82, 2.24) is 0 Å². The second-order valence-corrected chi connectivity index (χ2v) is 1.95. The van der Waals surface area contributed by atoms with Crippen molar-refractivity contribution in [1.29, 1.82) is 0 Å². The van der Waals surface area contributed by atoms with Gasteiger partial charge in [0.05, 0.1) is 0 Å². The van der Waals surface area contributed by atoms with E-state index in [4.69, 9.17) is 5.21 Å². The van der Waals surface area contributed by atoms with Crippen molar-refractivity contribution in [2.45, 2.75) is 4.90 Å². The third-order valence-electron chi connectivity index (χ3n) is 0.796. The van der Waals surface area contributed by atoms with Gasteiger partial charge in [-0.2, -0.15) is 0 Å². The molecule has 2 nitrogen and oxygen atoms in total. The summed E-state index contributed by atoms with van der Waals surface area (Å²) in [6.45, 7) is 0. The van der Waals surface area contributed by atoms with Crippen LogP contribution in [0, 0.1) is 0 Å². The van der Waals surface area contributed by atoms with Gasteiger partial charge in [-0.15, -0.1) is 12.6 Å². The number of hydrogen-bond donors (Lipinski definition) is 2. The second kappa shape index (κ2) is 2.05. The normalized spacial score (nSPS) is 9.12. The first-order chi connectivity index (χ1) is 3.79. The minimum Gasteiger partial charge on any atom is -0.285 e. The van der Waals surface area contributed by atoms with Crippen molar-refractivity contribution in [3.05, 3.63) is 24.5 Å². The zero-order chi connectivity index (χ0) is 5.98. The smallest absolute Gasteiger partial charge is 0.223 e. The van der Waals surface area contributed by atoms with E-state index in [0.29, 0.717) is 0 Å². The highest BCUT2D eigenvalue weighted by Gasteiger charge is 1.90. The van der Waals surface area contributed by atoms with E-state index in [1.165, 1.54) is 12.4 Å². The van der Waals surface area contributed by atoms with E-state index in [2.05, 4.69) is 12.6 Å². The SMILES string of the molecule is O[n+]1ccc(S)cc1. The quantitative estimate of drug-likeness (QED) is 0.297. The average Bonchev–Trinajstić information content (AvgIpc) is 1.77. The minimum absolute atomic E-state index is 0.843. The van der Waals surface area contributed by atoms with Crippen LogP contribution >= 0.6 is 12.6 Å². The fourth-order valence-corrected chi connectivity index (χ4v) is 0.544. The van der Waals surface area contributed by atoms with Crippen LogP contribution in [0.5, 0.6) is 0 Å². The van der Waals surface area contributed by atoms with Crippen LogP contribution in [0.2, 0.25) is 0 Å². The first-order valence-corrected chi connectivity index (χ1v) is 2.63. The summed E-state index contributed by atoms with van der Waals surface area (Å²) in [5.41, 5.74) is 0. The largest absolute Gasteiger partial charge is 0.285 e. The summed E-state index contributed by atoms with van der Waals surface area (Å²) in [6.07, 6.45) is 3.03. The molecule has 0 fully saturated rings. The molecule has 1 heterocycles. The predicted octanol–water partition coefficient (Wildman–Crippen LogP) is 0.500. The Balaban J connectivity index is 3.03. The molecule has 0 radical (unpaired) electrons. The van der Waals surface area contributed by atoms with Gasteiger partial charge < -0.3 is 0 Å². The van der Waals surface area contributed by atoms with Crippen molar-refractivity contribution < 1.29 is 9.94 Å². The molecule has 1 aromatic rings. The summed E-state index contributed by atoms with van der Waals surface area (Å²) in [6, 6.07) is 3.40. The van der Waals surface area contributed by atoms with E-state index in [9.17, 15) is 0 Å². The Kier molecular flexibility index (Phi) is 1.39. The van der Waals surface area contributed by atoms with E-state index in [0.717, 1.165) is 9.63 Å². The Labute approximate surface area is 52.8 Å². The number of hydrogen-bond acceptors (Lipinski definition) is 2. The summed E-state index contributed by atoms with van der Waals surface area (Å²) in [4.78, 5) is 0.843. The molecule has 8 heavy (non-hydrogen) atoms. The van der Waals surface area contributed by atoms with E-state index in [1.807, 2.05) is 0 Å². The van der Waals surface area contributed by atoms with Gasteiger partial charge in [0.2, 0.25) is 12.4 Å². The van der Waals surface area contributed by atoms with Crippen LogP contribution in [0.25, 0.3) is 0 Å². The lowest BCUT2D eigenvalue weighted by atomic mass is 10.5. The van der Waals surface area contributed by atoms with Crippen molar-refractivity contribution in [2.75, 3.05) is 0 Å². The van der Waals surface area contributed by atoms with Gasteiger partial charge in [-0.25, -0.2) is 0 Å². The molecule has 1 aromatic heterocycles. The fraction of sp³-hybridized carbons (Fsp3) is 0. The maximum absolute atomic E-state index is 8.64. The zero-order valence-corrected chi connectivity index (χ0v) is 5.05. The third kappa shape index (κ3) is 1.13. The van der Waals surface area contributed by atoms with Crippen LogP contribution in [0.1, 0.15) is 0 Å². The molecule has 42 valence electrons. The van der Waals surface area contributed by atoms with Crippen LogP contribution in [-0.4, -0.2) is 5.21 Å². The molecular formula is C5H6NOS+. The second-order valence-electron chi connectivity index (χ2n) is 1.44. The lowest BCUT2D eigenvalue weighted by Crippen LogP contribution is -2.27. The van der Waals surface area contributed by atoms with Gasteiger partial charge >= 0.3 is 0 Å². The molecular weight excluding hydrogens is 122 g/mol. The summed E-state index contributed by atoms with van der Waals surface area (Å²) in [5, 5.41) is 8.64. The van der Waals surface area contributed by atoms with Crippen LogP contribution in [-0.2, 0) is 0 Å². The Bertz CT molecular complexity index is 151. The molecule has 0 unspecified atom stereocenters. The first-order valence-electron chi connectivity index (χ1n) is 2.18. The molecule has 0 saturated heterocycles. The van der Waals surface area contributed by atoms with Crippen LogP contribution < -0.4 is 4.73 Å². The van der Waals surface area contributed by atoms with Crippen molar-refractivity contribution in [2.24, 2.45) is 0 Å². The first kappa shape index (κ1) is 5.44. The number of pyridine rings is 1. The predicted molar refractivity (Wildman–Crippen MR) is 31.1 cm³/mol. The fourth-order valence-electron chi connectivity index (χ4n) is 0.411. The highest BCUT2D eigenvalue weighted by molar-refractivity contribution is 7.80. The number of aromatic nitrogens is 1. The van der Waals surface area contributed by atoms with E-state index >= 15 is 0 Å². The zero-order valence-electron chi connectivity index (χ0n) is 4.15. The number of nitrogens with zero attached hydrogens (tertiary/aromatic N) is 1. The Morgan fingerprint density at radius 3 is 2.25 bits per heavy atom. The van der Waals surface area contributed by atoms with Gasteiger partial charge in [0.25, 0.3) is 0 Å². The van der Waals surface area contributed by atoms with E-state index in [-0.39, 0.29) is 0 Å². The monoisotopic (exact) mass is 128 g/mol. The van der Waals surface area contributed by atoms with Gasteiger partial charge in [-0.05, 0) is 0 Å². The van der Waals surface area contributed by atoms with Gasteiger partial charge in [-0.3, -0.25) is 5.21 Å². The molecule has 0 bridgehead atoms. The Morgan fingerprint density at radius 2 is 1.88 bits per heavy atom. The molecule has 0 aliphatic rings. The maximum atomic E-state index is 8.64. The van der Waals surface area contributed by atoms with Crippen molar-refractivity contribution in [3.8, 4) is 0 Å².